The summed E-state index contributed by atoms with van der Waals surface area (Å²) in [4.78, 5) is 31.2. The number of benzene rings is 2. The molecule has 4 rings (SSSR count). The summed E-state index contributed by atoms with van der Waals surface area (Å²) in [6.07, 6.45) is 2.51. The van der Waals surface area contributed by atoms with E-state index in [9.17, 15) is 9.59 Å². The fourth-order valence-corrected chi connectivity index (χ4v) is 4.62. The number of thiazole rings is 1. The molecule has 0 aliphatic heterocycles. The van der Waals surface area contributed by atoms with Gasteiger partial charge in [0.1, 0.15) is 5.75 Å². The number of rotatable bonds is 6. The van der Waals surface area contributed by atoms with E-state index in [1.165, 1.54) is 11.3 Å². The van der Waals surface area contributed by atoms with E-state index in [1.54, 1.807) is 12.1 Å². The van der Waals surface area contributed by atoms with Crippen LogP contribution >= 0.6 is 11.3 Å². The number of carbonyl (C=O) groups excluding carboxylic acids is 2. The van der Waals surface area contributed by atoms with Crippen LogP contribution in [0.4, 0.5) is 10.8 Å². The number of hydrogen-bond acceptors (Lipinski definition) is 5. The van der Waals surface area contributed by atoms with E-state index in [0.29, 0.717) is 28.7 Å². The molecule has 1 heterocycles. The van der Waals surface area contributed by atoms with Crippen molar-refractivity contribution in [2.75, 3.05) is 17.2 Å². The number of aromatic nitrogens is 1. The van der Waals surface area contributed by atoms with Gasteiger partial charge < -0.3 is 10.1 Å². The predicted molar refractivity (Wildman–Crippen MR) is 118 cm³/mol. The van der Waals surface area contributed by atoms with Gasteiger partial charge in [0, 0.05) is 10.4 Å². The van der Waals surface area contributed by atoms with Crippen molar-refractivity contribution in [1.82, 2.24) is 4.98 Å². The maximum atomic E-state index is 13.1. The molecule has 1 aromatic heterocycles. The monoisotopic (exact) mass is 421 g/mol. The predicted octanol–water partition coefficient (Wildman–Crippen LogP) is 4.85. The van der Waals surface area contributed by atoms with Gasteiger partial charge in [-0.05, 0) is 50.5 Å². The van der Waals surface area contributed by atoms with Crippen molar-refractivity contribution >= 4 is 34.0 Å². The maximum Gasteiger partial charge on any atom is 0.257 e. The van der Waals surface area contributed by atoms with Crippen molar-refractivity contribution < 1.29 is 14.3 Å². The molecular weight excluding hydrogens is 398 g/mol. The van der Waals surface area contributed by atoms with Crippen LogP contribution in [0.2, 0.25) is 0 Å². The van der Waals surface area contributed by atoms with Gasteiger partial charge in [-0.25, -0.2) is 4.98 Å². The zero-order valence-electron chi connectivity index (χ0n) is 16.7. The summed E-state index contributed by atoms with van der Waals surface area (Å²) in [5.74, 6) is 0.00298. The van der Waals surface area contributed by atoms with Gasteiger partial charge >= 0.3 is 0 Å². The van der Waals surface area contributed by atoms with Crippen molar-refractivity contribution in [2.24, 2.45) is 0 Å². The number of ether oxygens (including phenoxy) is 1. The molecule has 30 heavy (non-hydrogen) atoms. The van der Waals surface area contributed by atoms with Crippen LogP contribution in [-0.4, -0.2) is 23.4 Å². The fourth-order valence-electron chi connectivity index (χ4n) is 3.56. The van der Waals surface area contributed by atoms with Gasteiger partial charge in [-0.15, -0.1) is 11.3 Å². The number of para-hydroxylation sites is 2. The Morgan fingerprint density at radius 2 is 1.87 bits per heavy atom. The first-order chi connectivity index (χ1) is 14.7. The van der Waals surface area contributed by atoms with E-state index in [2.05, 4.69) is 15.6 Å². The molecule has 3 aromatic rings. The van der Waals surface area contributed by atoms with Crippen LogP contribution < -0.4 is 15.4 Å². The number of nitrogens with one attached hydrogen (secondary N) is 2. The number of nitrogens with zero attached hydrogens (tertiary/aromatic N) is 1. The van der Waals surface area contributed by atoms with E-state index in [4.69, 9.17) is 4.74 Å². The molecule has 0 radical (unpaired) electrons. The van der Waals surface area contributed by atoms with E-state index in [1.807, 2.05) is 49.4 Å². The molecule has 1 aliphatic carbocycles. The summed E-state index contributed by atoms with van der Waals surface area (Å²) in [5.41, 5.74) is 2.00. The van der Waals surface area contributed by atoms with E-state index in [-0.39, 0.29) is 17.7 Å². The topological polar surface area (TPSA) is 80.3 Å². The van der Waals surface area contributed by atoms with Crippen molar-refractivity contribution in [2.45, 2.75) is 32.1 Å². The van der Waals surface area contributed by atoms with Crippen molar-refractivity contribution in [3.05, 3.63) is 70.7 Å². The highest BCUT2D eigenvalue weighted by Crippen LogP contribution is 2.38. The van der Waals surface area contributed by atoms with Gasteiger partial charge in [-0.1, -0.05) is 30.3 Å². The van der Waals surface area contributed by atoms with Crippen LogP contribution in [0.15, 0.2) is 54.6 Å². The van der Waals surface area contributed by atoms with E-state index < -0.39 is 0 Å². The lowest BCUT2D eigenvalue weighted by Gasteiger charge is -2.21. The Hall–Kier alpha value is -3.19. The van der Waals surface area contributed by atoms with Gasteiger partial charge in [-0.3, -0.25) is 14.9 Å². The number of carbonyl (C=O) groups is 2. The summed E-state index contributed by atoms with van der Waals surface area (Å²) < 4.78 is 5.61. The summed E-state index contributed by atoms with van der Waals surface area (Å²) in [6.45, 7) is 2.43. The summed E-state index contributed by atoms with van der Waals surface area (Å²) in [7, 11) is 0. The molecule has 1 unspecified atom stereocenters. The summed E-state index contributed by atoms with van der Waals surface area (Å²) in [5, 5.41) is 6.39. The third-order valence-corrected chi connectivity index (χ3v) is 6.02. The lowest BCUT2D eigenvalue weighted by atomic mass is 9.90. The Morgan fingerprint density at radius 3 is 2.67 bits per heavy atom. The Labute approximate surface area is 179 Å². The van der Waals surface area contributed by atoms with Crippen LogP contribution in [0.5, 0.6) is 5.75 Å². The second-order valence-electron chi connectivity index (χ2n) is 7.01. The van der Waals surface area contributed by atoms with Crippen LogP contribution in [-0.2, 0) is 11.2 Å². The molecule has 1 atom stereocenters. The molecule has 2 amide bonds. The quantitative estimate of drug-likeness (QED) is 0.596. The lowest BCUT2D eigenvalue weighted by Crippen LogP contribution is -2.25. The van der Waals surface area contributed by atoms with Gasteiger partial charge in [0.05, 0.1) is 23.9 Å². The van der Waals surface area contributed by atoms with Gasteiger partial charge in [0.25, 0.3) is 5.91 Å². The molecule has 2 aromatic carbocycles. The van der Waals surface area contributed by atoms with E-state index >= 15 is 0 Å². The standard InChI is InChI=1S/C23H23N3O3S/c1-2-29-18-13-7-6-12-17(18)24-22(28)16-11-8-14-19-20(16)25-23(30-19)26-21(27)15-9-4-3-5-10-15/h3-7,9-10,12-13,16H,2,8,11,14H2,1H3,(H,24,28)(H,25,26,27). The highest BCUT2D eigenvalue weighted by atomic mass is 32.1. The normalized spacial score (nSPS) is 15.2. The molecule has 0 bridgehead atoms. The Balaban J connectivity index is 1.51. The molecule has 2 N–H and O–H groups in total. The lowest BCUT2D eigenvalue weighted by molar-refractivity contribution is -0.118. The molecular formula is C23H23N3O3S. The van der Waals surface area contributed by atoms with Crippen LogP contribution in [0.1, 0.15) is 46.6 Å². The van der Waals surface area contributed by atoms with Crippen LogP contribution in [0.25, 0.3) is 0 Å². The van der Waals surface area contributed by atoms with Gasteiger partial charge in [0.2, 0.25) is 5.91 Å². The molecule has 0 saturated carbocycles. The Bertz CT molecular complexity index is 1050. The fraction of sp³-hybridized carbons (Fsp3) is 0.261. The Kier molecular flexibility index (Phi) is 6.09. The molecule has 0 spiro atoms. The van der Waals surface area contributed by atoms with E-state index in [0.717, 1.165) is 29.8 Å². The maximum absolute atomic E-state index is 13.1. The van der Waals surface area contributed by atoms with Gasteiger partial charge in [0.15, 0.2) is 5.13 Å². The minimum atomic E-state index is -0.345. The molecule has 7 heteroatoms. The second kappa shape index (κ2) is 9.09. The zero-order valence-corrected chi connectivity index (χ0v) is 17.5. The molecule has 1 aliphatic rings. The van der Waals surface area contributed by atoms with Crippen LogP contribution in [0, 0.1) is 0 Å². The second-order valence-corrected chi connectivity index (χ2v) is 8.09. The largest absolute Gasteiger partial charge is 0.492 e. The number of aryl methyl sites for hydroxylation is 1. The van der Waals surface area contributed by atoms with Crippen molar-refractivity contribution in [3.8, 4) is 5.75 Å². The summed E-state index contributed by atoms with van der Waals surface area (Å²) >= 11 is 1.45. The van der Waals surface area contributed by atoms with Crippen LogP contribution in [0.3, 0.4) is 0 Å². The molecule has 6 nitrogen and oxygen atoms in total. The zero-order chi connectivity index (χ0) is 20.9. The Morgan fingerprint density at radius 1 is 1.10 bits per heavy atom. The molecule has 0 fully saturated rings. The smallest absolute Gasteiger partial charge is 0.257 e. The summed E-state index contributed by atoms with van der Waals surface area (Å²) in [6, 6.07) is 16.4. The average molecular weight is 422 g/mol. The average Bonchev–Trinajstić information content (AvgIpc) is 3.18. The third-order valence-electron chi connectivity index (χ3n) is 4.97. The molecule has 0 saturated heterocycles. The third kappa shape index (κ3) is 4.36. The minimum Gasteiger partial charge on any atom is -0.492 e. The number of anilines is 2. The van der Waals surface area contributed by atoms with Crippen molar-refractivity contribution in [3.63, 3.8) is 0 Å². The first-order valence-corrected chi connectivity index (χ1v) is 10.9. The number of hydrogen-bond donors (Lipinski definition) is 2. The van der Waals surface area contributed by atoms with Crippen molar-refractivity contribution in [1.29, 1.82) is 0 Å². The molecule has 154 valence electrons. The SMILES string of the molecule is CCOc1ccccc1NC(=O)C1CCCc2sc(NC(=O)c3ccccc3)nc21. The first kappa shape index (κ1) is 20.1. The number of fused-ring (bicyclic) bond motifs is 1. The highest BCUT2D eigenvalue weighted by Gasteiger charge is 2.31. The first-order valence-electron chi connectivity index (χ1n) is 10.0. The highest BCUT2D eigenvalue weighted by molar-refractivity contribution is 7.16. The minimum absolute atomic E-state index is 0.102. The van der Waals surface area contributed by atoms with Gasteiger partial charge in [-0.2, -0.15) is 0 Å². The number of amides is 2.